The Kier molecular flexibility index (Phi) is 5.47. The number of rotatable bonds is 5. The van der Waals surface area contributed by atoms with E-state index in [1.807, 2.05) is 0 Å². The fourth-order valence-electron chi connectivity index (χ4n) is 2.34. The molecule has 2 rings (SSSR count). The van der Waals surface area contributed by atoms with E-state index in [0.29, 0.717) is 12.5 Å². The highest BCUT2D eigenvalue weighted by Gasteiger charge is 2.26. The molecular formula is C14H18F2N2O3S. The van der Waals surface area contributed by atoms with Crippen LogP contribution < -0.4 is 10.6 Å². The Balaban J connectivity index is 1.96. The van der Waals surface area contributed by atoms with E-state index in [9.17, 15) is 22.0 Å². The lowest BCUT2D eigenvalue weighted by Gasteiger charge is -2.22. The van der Waals surface area contributed by atoms with E-state index >= 15 is 0 Å². The molecule has 0 bridgehead atoms. The summed E-state index contributed by atoms with van der Waals surface area (Å²) in [6.07, 6.45) is 2.11. The Hall–Kier alpha value is -1.54. The molecule has 1 aromatic rings. The van der Waals surface area contributed by atoms with Crippen molar-refractivity contribution in [2.24, 2.45) is 5.92 Å². The van der Waals surface area contributed by atoms with Gasteiger partial charge in [0, 0.05) is 12.1 Å². The molecular weight excluding hydrogens is 314 g/mol. The standard InChI is InChI=1S/C14H18F2N2O3S/c15-14(16)22(20,21)12-5-3-11(4-6-12)13(19)18-9-10-2-1-7-17-8-10/h3-6,10,14,17H,1-2,7-9H2,(H,18,19). The number of nitrogens with one attached hydrogen (secondary N) is 2. The van der Waals surface area contributed by atoms with Gasteiger partial charge in [0.2, 0.25) is 9.84 Å². The lowest BCUT2D eigenvalue weighted by molar-refractivity contribution is 0.0944. The molecule has 0 spiro atoms. The highest BCUT2D eigenvalue weighted by Crippen LogP contribution is 2.18. The zero-order valence-electron chi connectivity index (χ0n) is 11.9. The van der Waals surface area contributed by atoms with Gasteiger partial charge in [-0.05, 0) is 56.1 Å². The van der Waals surface area contributed by atoms with Crippen LogP contribution in [-0.4, -0.2) is 39.7 Å². The third-order valence-electron chi connectivity index (χ3n) is 3.63. The molecule has 1 fully saturated rings. The van der Waals surface area contributed by atoms with Crippen molar-refractivity contribution in [3.63, 3.8) is 0 Å². The maximum atomic E-state index is 12.4. The molecule has 0 aliphatic carbocycles. The Morgan fingerprint density at radius 1 is 1.32 bits per heavy atom. The average molecular weight is 332 g/mol. The topological polar surface area (TPSA) is 75.3 Å². The summed E-state index contributed by atoms with van der Waals surface area (Å²) in [5.41, 5.74) is 0.247. The minimum Gasteiger partial charge on any atom is -0.352 e. The SMILES string of the molecule is O=C(NCC1CCCNC1)c1ccc(S(=O)(=O)C(F)F)cc1. The van der Waals surface area contributed by atoms with Gasteiger partial charge in [0.25, 0.3) is 5.91 Å². The molecule has 22 heavy (non-hydrogen) atoms. The number of alkyl halides is 2. The van der Waals surface area contributed by atoms with Gasteiger partial charge in [-0.25, -0.2) is 8.42 Å². The normalized spacial score (nSPS) is 19.1. The number of hydrogen-bond acceptors (Lipinski definition) is 4. The molecule has 1 atom stereocenters. The third kappa shape index (κ3) is 4.01. The zero-order chi connectivity index (χ0) is 16.2. The number of piperidine rings is 1. The molecule has 1 amide bonds. The van der Waals surface area contributed by atoms with Crippen LogP contribution in [0, 0.1) is 5.92 Å². The van der Waals surface area contributed by atoms with Crippen LogP contribution in [0.1, 0.15) is 23.2 Å². The van der Waals surface area contributed by atoms with Crippen molar-refractivity contribution in [2.45, 2.75) is 23.5 Å². The number of sulfone groups is 1. The molecule has 122 valence electrons. The maximum Gasteiger partial charge on any atom is 0.341 e. The van der Waals surface area contributed by atoms with Crippen LogP contribution in [0.25, 0.3) is 0 Å². The van der Waals surface area contributed by atoms with E-state index in [1.54, 1.807) is 0 Å². The summed E-state index contributed by atoms with van der Waals surface area (Å²) in [5, 5.41) is 6.02. The van der Waals surface area contributed by atoms with Crippen molar-refractivity contribution >= 4 is 15.7 Å². The van der Waals surface area contributed by atoms with Crippen molar-refractivity contribution in [3.8, 4) is 0 Å². The van der Waals surface area contributed by atoms with Crippen LogP contribution >= 0.6 is 0 Å². The molecule has 1 saturated heterocycles. The zero-order valence-corrected chi connectivity index (χ0v) is 12.7. The first-order valence-corrected chi connectivity index (χ1v) is 8.57. The van der Waals surface area contributed by atoms with Crippen molar-refractivity contribution in [2.75, 3.05) is 19.6 Å². The molecule has 5 nitrogen and oxygen atoms in total. The van der Waals surface area contributed by atoms with Gasteiger partial charge in [-0.15, -0.1) is 0 Å². The van der Waals surface area contributed by atoms with Crippen LogP contribution in [0.5, 0.6) is 0 Å². The van der Waals surface area contributed by atoms with Gasteiger partial charge in [0.1, 0.15) is 0 Å². The quantitative estimate of drug-likeness (QED) is 0.855. The van der Waals surface area contributed by atoms with Gasteiger partial charge >= 0.3 is 5.76 Å². The second-order valence-corrected chi connectivity index (χ2v) is 7.17. The minimum absolute atomic E-state index is 0.247. The third-order valence-corrected chi connectivity index (χ3v) is 5.03. The number of benzene rings is 1. The Labute approximate surface area is 128 Å². The molecule has 1 aliphatic heterocycles. The van der Waals surface area contributed by atoms with Crippen molar-refractivity contribution in [1.82, 2.24) is 10.6 Å². The smallest absolute Gasteiger partial charge is 0.341 e. The lowest BCUT2D eigenvalue weighted by atomic mass is 10.00. The van der Waals surface area contributed by atoms with Crippen molar-refractivity contribution < 1.29 is 22.0 Å². The number of carbonyl (C=O) groups excluding carboxylic acids is 1. The Morgan fingerprint density at radius 3 is 2.55 bits per heavy atom. The van der Waals surface area contributed by atoms with Crippen LogP contribution in [-0.2, 0) is 9.84 Å². The molecule has 0 aromatic heterocycles. The van der Waals surface area contributed by atoms with Gasteiger partial charge in [0.15, 0.2) is 0 Å². The van der Waals surface area contributed by atoms with Crippen LogP contribution in [0.2, 0.25) is 0 Å². The van der Waals surface area contributed by atoms with E-state index in [4.69, 9.17) is 0 Å². The first-order chi connectivity index (χ1) is 10.4. The highest BCUT2D eigenvalue weighted by atomic mass is 32.2. The minimum atomic E-state index is -4.62. The molecule has 1 aromatic carbocycles. The van der Waals surface area contributed by atoms with Crippen molar-refractivity contribution in [1.29, 1.82) is 0 Å². The number of hydrogen-bond donors (Lipinski definition) is 2. The monoisotopic (exact) mass is 332 g/mol. The molecule has 0 saturated carbocycles. The summed E-state index contributed by atoms with van der Waals surface area (Å²) in [6, 6.07) is 4.53. The Bertz CT molecular complexity index is 611. The van der Waals surface area contributed by atoms with E-state index in [-0.39, 0.29) is 11.5 Å². The van der Waals surface area contributed by atoms with Gasteiger partial charge in [-0.3, -0.25) is 4.79 Å². The number of carbonyl (C=O) groups is 1. The number of halogens is 2. The summed E-state index contributed by atoms with van der Waals surface area (Å²) in [6.45, 7) is 2.37. The predicted octanol–water partition coefficient (Wildman–Crippen LogP) is 1.41. The summed E-state index contributed by atoms with van der Waals surface area (Å²) in [5.74, 6) is -3.44. The Morgan fingerprint density at radius 2 is 2.00 bits per heavy atom. The summed E-state index contributed by atoms with van der Waals surface area (Å²) < 4.78 is 47.4. The first kappa shape index (κ1) is 16.8. The van der Waals surface area contributed by atoms with Gasteiger partial charge < -0.3 is 10.6 Å². The van der Waals surface area contributed by atoms with Crippen molar-refractivity contribution in [3.05, 3.63) is 29.8 Å². The van der Waals surface area contributed by atoms with E-state index in [2.05, 4.69) is 10.6 Å². The van der Waals surface area contributed by atoms with Gasteiger partial charge in [0.05, 0.1) is 4.90 Å². The molecule has 8 heteroatoms. The largest absolute Gasteiger partial charge is 0.352 e. The fourth-order valence-corrected chi connectivity index (χ4v) is 3.06. The van der Waals surface area contributed by atoms with Crippen LogP contribution in [0.3, 0.4) is 0 Å². The molecule has 1 aliphatic rings. The van der Waals surface area contributed by atoms with Gasteiger partial charge in [-0.1, -0.05) is 0 Å². The van der Waals surface area contributed by atoms with Crippen LogP contribution in [0.4, 0.5) is 8.78 Å². The molecule has 1 heterocycles. The predicted molar refractivity (Wildman–Crippen MR) is 77.6 cm³/mol. The second kappa shape index (κ2) is 7.15. The fraction of sp³-hybridized carbons (Fsp3) is 0.500. The summed E-state index contributed by atoms with van der Waals surface area (Å²) in [4.78, 5) is 11.5. The number of amides is 1. The van der Waals surface area contributed by atoms with Gasteiger partial charge in [-0.2, -0.15) is 8.78 Å². The summed E-state index contributed by atoms with van der Waals surface area (Å²) >= 11 is 0. The lowest BCUT2D eigenvalue weighted by Crippen LogP contribution is -2.38. The second-order valence-electron chi connectivity index (χ2n) is 5.25. The summed E-state index contributed by atoms with van der Waals surface area (Å²) in [7, 11) is -4.62. The molecule has 2 N–H and O–H groups in total. The molecule has 1 unspecified atom stereocenters. The van der Waals surface area contributed by atoms with E-state index < -0.39 is 20.5 Å². The van der Waals surface area contributed by atoms with Crippen LogP contribution in [0.15, 0.2) is 29.2 Å². The van der Waals surface area contributed by atoms with E-state index in [1.165, 1.54) is 12.1 Å². The average Bonchev–Trinajstić information content (AvgIpc) is 2.53. The maximum absolute atomic E-state index is 12.4. The highest BCUT2D eigenvalue weighted by molar-refractivity contribution is 7.91. The first-order valence-electron chi connectivity index (χ1n) is 7.02. The van der Waals surface area contributed by atoms with E-state index in [0.717, 1.165) is 38.1 Å². The molecule has 0 radical (unpaired) electrons.